The molecule has 3 rings (SSSR count). The molecular weight excluding hydrogens is 339 g/mol. The van der Waals surface area contributed by atoms with Gasteiger partial charge in [-0.3, -0.25) is 9.59 Å². The van der Waals surface area contributed by atoms with Crippen molar-refractivity contribution in [2.24, 2.45) is 0 Å². The Kier molecular flexibility index (Phi) is 4.41. The Balaban J connectivity index is 1.65. The van der Waals surface area contributed by atoms with Gasteiger partial charge >= 0.3 is 0 Å². The molecule has 2 aromatic carbocycles. The average molecular weight is 351 g/mol. The molecule has 0 saturated heterocycles. The van der Waals surface area contributed by atoms with Gasteiger partial charge in [-0.15, -0.1) is 0 Å². The fourth-order valence-electron chi connectivity index (χ4n) is 2.15. The maximum Gasteiger partial charge on any atom is 0.267 e. The first-order valence-electron chi connectivity index (χ1n) is 6.84. The van der Waals surface area contributed by atoms with Crippen molar-refractivity contribution in [3.63, 3.8) is 0 Å². The summed E-state index contributed by atoms with van der Waals surface area (Å²) in [6.07, 6.45) is -0.795. The Morgan fingerprint density at radius 3 is 2.74 bits per heavy atom. The molecule has 0 fully saturated rings. The number of benzene rings is 2. The maximum absolute atomic E-state index is 12.1. The van der Waals surface area contributed by atoms with Crippen molar-refractivity contribution >= 4 is 40.7 Å². The number of amides is 2. The van der Waals surface area contributed by atoms with E-state index in [1.807, 2.05) is 6.07 Å². The van der Waals surface area contributed by atoms with Gasteiger partial charge in [-0.25, -0.2) is 0 Å². The topological polar surface area (TPSA) is 67.4 Å². The summed E-state index contributed by atoms with van der Waals surface area (Å²) in [7, 11) is 0. The zero-order chi connectivity index (χ0) is 16.4. The lowest BCUT2D eigenvalue weighted by Gasteiger charge is -2.25. The van der Waals surface area contributed by atoms with Crippen LogP contribution < -0.4 is 15.4 Å². The second kappa shape index (κ2) is 6.48. The van der Waals surface area contributed by atoms with E-state index in [-0.39, 0.29) is 18.4 Å². The number of hydrogen-bond acceptors (Lipinski definition) is 3. The monoisotopic (exact) mass is 350 g/mol. The van der Waals surface area contributed by atoms with E-state index in [4.69, 9.17) is 27.9 Å². The molecule has 7 heteroatoms. The Labute approximate surface area is 142 Å². The first kappa shape index (κ1) is 15.6. The molecule has 2 aromatic rings. The smallest absolute Gasteiger partial charge is 0.267 e. The minimum absolute atomic E-state index is 0.0409. The van der Waals surface area contributed by atoms with Gasteiger partial charge in [-0.05, 0) is 30.3 Å². The highest BCUT2D eigenvalue weighted by Gasteiger charge is 2.27. The number of fused-ring (bicyclic) bond motifs is 1. The third-order valence-electron chi connectivity index (χ3n) is 3.34. The number of nitrogens with one attached hydrogen (secondary N) is 2. The van der Waals surface area contributed by atoms with Crippen molar-refractivity contribution in [2.45, 2.75) is 6.10 Å². The van der Waals surface area contributed by atoms with Gasteiger partial charge in [0.05, 0.1) is 22.3 Å². The molecule has 1 atom stereocenters. The molecular formula is C16H12Cl2N2O3. The van der Waals surface area contributed by atoms with Crippen LogP contribution in [0, 0.1) is 0 Å². The van der Waals surface area contributed by atoms with Gasteiger partial charge < -0.3 is 15.4 Å². The number of hydrogen-bond donors (Lipinski definition) is 2. The molecule has 0 aliphatic carbocycles. The number of halogens is 2. The summed E-state index contributed by atoms with van der Waals surface area (Å²) in [5.41, 5.74) is 0.973. The number of carbonyl (C=O) groups excluding carboxylic acids is 2. The lowest BCUT2D eigenvalue weighted by atomic mass is 10.2. The van der Waals surface area contributed by atoms with Crippen LogP contribution in [-0.2, 0) is 4.79 Å². The van der Waals surface area contributed by atoms with Crippen molar-refractivity contribution < 1.29 is 14.3 Å². The van der Waals surface area contributed by atoms with Crippen molar-refractivity contribution in [1.82, 2.24) is 5.32 Å². The third kappa shape index (κ3) is 3.41. The predicted molar refractivity (Wildman–Crippen MR) is 88.3 cm³/mol. The van der Waals surface area contributed by atoms with Crippen molar-refractivity contribution in [3.05, 3.63) is 58.1 Å². The fraction of sp³-hybridized carbons (Fsp3) is 0.125. The van der Waals surface area contributed by atoms with E-state index in [1.54, 1.807) is 30.3 Å². The van der Waals surface area contributed by atoms with Crippen LogP contribution in [0.15, 0.2) is 42.5 Å². The maximum atomic E-state index is 12.1. The van der Waals surface area contributed by atoms with E-state index in [2.05, 4.69) is 10.6 Å². The molecule has 23 heavy (non-hydrogen) atoms. The predicted octanol–water partition coefficient (Wildman–Crippen LogP) is 3.12. The van der Waals surface area contributed by atoms with E-state index in [0.29, 0.717) is 27.0 Å². The fourth-order valence-corrected chi connectivity index (χ4v) is 2.45. The van der Waals surface area contributed by atoms with Crippen LogP contribution in [0.1, 0.15) is 10.4 Å². The SMILES string of the molecule is O=C(NCC1Oc2ccccc2NC1=O)c1ccc(Cl)c(Cl)c1. The van der Waals surface area contributed by atoms with Crippen molar-refractivity contribution in [2.75, 3.05) is 11.9 Å². The lowest BCUT2D eigenvalue weighted by Crippen LogP contribution is -2.45. The molecule has 1 heterocycles. The number of ether oxygens (including phenoxy) is 1. The summed E-state index contributed by atoms with van der Waals surface area (Å²) in [4.78, 5) is 24.1. The van der Waals surface area contributed by atoms with E-state index in [9.17, 15) is 9.59 Å². The minimum atomic E-state index is -0.795. The van der Waals surface area contributed by atoms with Gasteiger partial charge in [-0.2, -0.15) is 0 Å². The molecule has 0 spiro atoms. The van der Waals surface area contributed by atoms with Gasteiger partial charge in [0.2, 0.25) is 0 Å². The largest absolute Gasteiger partial charge is 0.477 e. The molecule has 0 radical (unpaired) electrons. The normalized spacial score (nSPS) is 16.1. The molecule has 0 aromatic heterocycles. The molecule has 118 valence electrons. The Bertz CT molecular complexity index is 780. The first-order chi connectivity index (χ1) is 11.0. The Morgan fingerprint density at radius 2 is 1.96 bits per heavy atom. The number of rotatable bonds is 3. The summed E-state index contributed by atoms with van der Waals surface area (Å²) >= 11 is 11.7. The van der Waals surface area contributed by atoms with Crippen LogP contribution >= 0.6 is 23.2 Å². The first-order valence-corrected chi connectivity index (χ1v) is 7.60. The van der Waals surface area contributed by atoms with E-state index >= 15 is 0 Å². The van der Waals surface area contributed by atoms with Crippen LogP contribution in [0.5, 0.6) is 5.75 Å². The van der Waals surface area contributed by atoms with Gasteiger partial charge in [-0.1, -0.05) is 35.3 Å². The molecule has 2 amide bonds. The van der Waals surface area contributed by atoms with Crippen LogP contribution in [0.3, 0.4) is 0 Å². The summed E-state index contributed by atoms with van der Waals surface area (Å²) in [5.74, 6) is -0.0992. The van der Waals surface area contributed by atoms with Gasteiger partial charge in [0.1, 0.15) is 5.75 Å². The summed E-state index contributed by atoms with van der Waals surface area (Å²) < 4.78 is 5.60. The van der Waals surface area contributed by atoms with Gasteiger partial charge in [0.15, 0.2) is 6.10 Å². The highest BCUT2D eigenvalue weighted by molar-refractivity contribution is 6.42. The number of anilines is 1. The zero-order valence-electron chi connectivity index (χ0n) is 11.8. The summed E-state index contributed by atoms with van der Waals surface area (Å²) in [5, 5.41) is 6.05. The lowest BCUT2D eigenvalue weighted by molar-refractivity contribution is -0.123. The minimum Gasteiger partial charge on any atom is -0.477 e. The summed E-state index contributed by atoms with van der Waals surface area (Å²) in [6.45, 7) is 0.0409. The van der Waals surface area contributed by atoms with E-state index in [0.717, 1.165) is 0 Å². The van der Waals surface area contributed by atoms with Gasteiger partial charge in [0, 0.05) is 5.56 Å². The number of carbonyl (C=O) groups is 2. The standard InChI is InChI=1S/C16H12Cl2N2O3/c17-10-6-5-9(7-11(10)18)15(21)19-8-14-16(22)20-12-3-1-2-4-13(12)23-14/h1-7,14H,8H2,(H,19,21)(H,20,22). The molecule has 2 N–H and O–H groups in total. The zero-order valence-corrected chi connectivity index (χ0v) is 13.3. The second-order valence-electron chi connectivity index (χ2n) is 4.93. The Morgan fingerprint density at radius 1 is 1.17 bits per heavy atom. The van der Waals surface area contributed by atoms with Crippen LogP contribution in [-0.4, -0.2) is 24.5 Å². The van der Waals surface area contributed by atoms with Gasteiger partial charge in [0.25, 0.3) is 11.8 Å². The average Bonchev–Trinajstić information content (AvgIpc) is 2.55. The molecule has 1 aliphatic rings. The molecule has 1 aliphatic heterocycles. The third-order valence-corrected chi connectivity index (χ3v) is 4.08. The van der Waals surface area contributed by atoms with E-state index < -0.39 is 6.10 Å². The van der Waals surface area contributed by atoms with Crippen molar-refractivity contribution in [3.8, 4) is 5.75 Å². The summed E-state index contributed by atoms with van der Waals surface area (Å²) in [6, 6.07) is 11.7. The highest BCUT2D eigenvalue weighted by Crippen LogP contribution is 2.28. The number of para-hydroxylation sites is 2. The van der Waals surface area contributed by atoms with Crippen molar-refractivity contribution in [1.29, 1.82) is 0 Å². The molecule has 1 unspecified atom stereocenters. The second-order valence-corrected chi connectivity index (χ2v) is 5.75. The molecule has 0 saturated carbocycles. The van der Waals surface area contributed by atoms with Crippen LogP contribution in [0.25, 0.3) is 0 Å². The molecule has 0 bridgehead atoms. The molecule has 5 nitrogen and oxygen atoms in total. The van der Waals surface area contributed by atoms with E-state index in [1.165, 1.54) is 6.07 Å². The Hall–Kier alpha value is -2.24. The van der Waals surface area contributed by atoms with Crippen LogP contribution in [0.2, 0.25) is 10.0 Å². The quantitative estimate of drug-likeness (QED) is 0.893. The highest BCUT2D eigenvalue weighted by atomic mass is 35.5. The van der Waals surface area contributed by atoms with Crippen LogP contribution in [0.4, 0.5) is 5.69 Å².